The van der Waals surface area contributed by atoms with Crippen LogP contribution < -0.4 is 5.73 Å². The van der Waals surface area contributed by atoms with Gasteiger partial charge in [-0.2, -0.15) is 4.98 Å². The summed E-state index contributed by atoms with van der Waals surface area (Å²) in [6.45, 7) is 1.91. The van der Waals surface area contributed by atoms with Gasteiger partial charge in [0.15, 0.2) is 11.2 Å². The minimum absolute atomic E-state index is 0.456. The van der Waals surface area contributed by atoms with Crippen molar-refractivity contribution in [2.24, 2.45) is 0 Å². The van der Waals surface area contributed by atoms with E-state index in [9.17, 15) is 0 Å². The van der Waals surface area contributed by atoms with Crippen LogP contribution in [0.3, 0.4) is 0 Å². The van der Waals surface area contributed by atoms with Gasteiger partial charge in [-0.3, -0.25) is 0 Å². The number of hydrogen-bond acceptors (Lipinski definition) is 4. The number of oxazole rings is 1. The van der Waals surface area contributed by atoms with Crippen LogP contribution in [0.4, 0.5) is 5.69 Å². The second kappa shape index (κ2) is 3.99. The van der Waals surface area contributed by atoms with Crippen LogP contribution in [-0.4, -0.2) is 9.97 Å². The van der Waals surface area contributed by atoms with Crippen LogP contribution in [-0.2, 0) is 0 Å². The van der Waals surface area contributed by atoms with Crippen molar-refractivity contribution in [1.82, 2.24) is 9.97 Å². The van der Waals surface area contributed by atoms with Crippen LogP contribution in [0, 0.1) is 6.92 Å². The molecule has 0 spiro atoms. The molecule has 18 heavy (non-hydrogen) atoms. The van der Waals surface area contributed by atoms with Crippen LogP contribution in [0.1, 0.15) is 5.69 Å². The maximum atomic E-state index is 5.90. The molecular formula is C13H10ClN3O. The number of hydrogen-bond donors (Lipinski definition) is 1. The number of anilines is 1. The largest absolute Gasteiger partial charge is 0.434 e. The molecule has 5 heteroatoms. The van der Waals surface area contributed by atoms with E-state index in [0.717, 1.165) is 11.3 Å². The number of aromatic nitrogens is 2. The number of aryl methyl sites for hydroxylation is 1. The monoisotopic (exact) mass is 259 g/mol. The summed E-state index contributed by atoms with van der Waals surface area (Å²) in [5, 5.41) is 0.585. The Balaban J connectivity index is 2.19. The fourth-order valence-electron chi connectivity index (χ4n) is 1.76. The topological polar surface area (TPSA) is 64.9 Å². The lowest BCUT2D eigenvalue weighted by molar-refractivity contribution is 0.620. The molecule has 0 bridgehead atoms. The fourth-order valence-corrected chi connectivity index (χ4v) is 1.94. The van der Waals surface area contributed by atoms with Crippen molar-refractivity contribution in [3.63, 3.8) is 0 Å². The zero-order valence-corrected chi connectivity index (χ0v) is 10.4. The highest BCUT2D eigenvalue weighted by molar-refractivity contribution is 6.31. The number of nitrogen functional groups attached to an aromatic ring is 1. The van der Waals surface area contributed by atoms with E-state index in [1.165, 1.54) is 0 Å². The van der Waals surface area contributed by atoms with Gasteiger partial charge in [0.25, 0.3) is 0 Å². The maximum absolute atomic E-state index is 5.90. The van der Waals surface area contributed by atoms with Gasteiger partial charge in [0, 0.05) is 16.4 Å². The first-order valence-electron chi connectivity index (χ1n) is 5.43. The fraction of sp³-hybridized carbons (Fsp3) is 0.0769. The number of rotatable bonds is 1. The summed E-state index contributed by atoms with van der Waals surface area (Å²) >= 11 is 5.86. The standard InChI is InChI=1S/C13H10ClN3O/c1-7-2-5-11-12(16-7)17-13(18-11)9-4-3-8(14)6-10(9)15/h2-6H,15H2,1H3. The molecule has 0 fully saturated rings. The number of fused-ring (bicyclic) bond motifs is 1. The van der Waals surface area contributed by atoms with Gasteiger partial charge in [0.1, 0.15) is 0 Å². The maximum Gasteiger partial charge on any atom is 0.230 e. The molecule has 90 valence electrons. The van der Waals surface area contributed by atoms with Gasteiger partial charge in [-0.25, -0.2) is 4.98 Å². The number of nitrogens with two attached hydrogens (primary N) is 1. The first kappa shape index (κ1) is 11.0. The second-order valence-corrected chi connectivity index (χ2v) is 4.46. The van der Waals surface area contributed by atoms with Crippen LogP contribution >= 0.6 is 11.6 Å². The molecular weight excluding hydrogens is 250 g/mol. The number of benzene rings is 1. The molecule has 2 N–H and O–H groups in total. The van der Waals surface area contributed by atoms with Crippen LogP contribution in [0.5, 0.6) is 0 Å². The molecule has 1 aromatic carbocycles. The van der Waals surface area contributed by atoms with E-state index in [0.29, 0.717) is 27.8 Å². The number of halogens is 1. The normalized spacial score (nSPS) is 11.0. The zero-order valence-electron chi connectivity index (χ0n) is 9.64. The molecule has 2 heterocycles. The van der Waals surface area contributed by atoms with Gasteiger partial charge < -0.3 is 10.2 Å². The third kappa shape index (κ3) is 1.80. The van der Waals surface area contributed by atoms with E-state index >= 15 is 0 Å². The third-order valence-electron chi connectivity index (χ3n) is 2.64. The highest BCUT2D eigenvalue weighted by Gasteiger charge is 2.12. The summed E-state index contributed by atoms with van der Waals surface area (Å²) in [7, 11) is 0. The van der Waals surface area contributed by atoms with E-state index in [-0.39, 0.29) is 0 Å². The predicted octanol–water partition coefficient (Wildman–Crippen LogP) is 3.43. The van der Waals surface area contributed by atoms with Crippen molar-refractivity contribution in [2.45, 2.75) is 6.92 Å². The first-order chi connectivity index (χ1) is 8.63. The van der Waals surface area contributed by atoms with E-state index in [4.69, 9.17) is 21.8 Å². The molecule has 0 amide bonds. The molecule has 3 aromatic rings. The Morgan fingerprint density at radius 2 is 2.00 bits per heavy atom. The Bertz CT molecular complexity index is 736. The Labute approximate surface area is 108 Å². The summed E-state index contributed by atoms with van der Waals surface area (Å²) in [6, 6.07) is 8.93. The smallest absolute Gasteiger partial charge is 0.230 e. The Kier molecular flexibility index (Phi) is 2.45. The predicted molar refractivity (Wildman–Crippen MR) is 71.4 cm³/mol. The van der Waals surface area contributed by atoms with Gasteiger partial charge in [-0.15, -0.1) is 0 Å². The molecule has 0 aliphatic heterocycles. The summed E-state index contributed by atoms with van der Waals surface area (Å²) in [5.41, 5.74) is 9.27. The Morgan fingerprint density at radius 1 is 1.17 bits per heavy atom. The molecule has 4 nitrogen and oxygen atoms in total. The minimum atomic E-state index is 0.456. The lowest BCUT2D eigenvalue weighted by atomic mass is 10.2. The molecule has 0 saturated carbocycles. The molecule has 0 unspecified atom stereocenters. The number of nitrogens with zero attached hydrogens (tertiary/aromatic N) is 2. The van der Waals surface area contributed by atoms with Crippen molar-refractivity contribution in [2.75, 3.05) is 5.73 Å². The summed E-state index contributed by atoms with van der Waals surface area (Å²) < 4.78 is 5.63. The minimum Gasteiger partial charge on any atom is -0.434 e. The Morgan fingerprint density at radius 3 is 2.78 bits per heavy atom. The third-order valence-corrected chi connectivity index (χ3v) is 2.87. The summed E-state index contributed by atoms with van der Waals surface area (Å²) in [6.07, 6.45) is 0. The second-order valence-electron chi connectivity index (χ2n) is 4.02. The van der Waals surface area contributed by atoms with E-state index < -0.39 is 0 Å². The van der Waals surface area contributed by atoms with Crippen LogP contribution in [0.15, 0.2) is 34.7 Å². The quantitative estimate of drug-likeness (QED) is 0.680. The van der Waals surface area contributed by atoms with Crippen molar-refractivity contribution >= 4 is 28.5 Å². The van der Waals surface area contributed by atoms with Crippen LogP contribution in [0.25, 0.3) is 22.7 Å². The van der Waals surface area contributed by atoms with Gasteiger partial charge in [0.05, 0.1) is 5.56 Å². The highest BCUT2D eigenvalue weighted by Crippen LogP contribution is 2.29. The van der Waals surface area contributed by atoms with Gasteiger partial charge in [-0.05, 0) is 37.3 Å². The Hall–Kier alpha value is -2.07. The van der Waals surface area contributed by atoms with Crippen molar-refractivity contribution in [3.8, 4) is 11.5 Å². The van der Waals surface area contributed by atoms with E-state index in [2.05, 4.69) is 9.97 Å². The molecule has 3 rings (SSSR count). The van der Waals surface area contributed by atoms with Gasteiger partial charge >= 0.3 is 0 Å². The van der Waals surface area contributed by atoms with E-state index in [1.807, 2.05) is 19.1 Å². The number of pyridine rings is 1. The lowest BCUT2D eigenvalue weighted by Crippen LogP contribution is -1.89. The molecule has 0 saturated heterocycles. The summed E-state index contributed by atoms with van der Waals surface area (Å²) in [4.78, 5) is 8.63. The average molecular weight is 260 g/mol. The summed E-state index contributed by atoms with van der Waals surface area (Å²) in [5.74, 6) is 0.456. The molecule has 0 radical (unpaired) electrons. The average Bonchev–Trinajstić information content (AvgIpc) is 2.71. The van der Waals surface area contributed by atoms with E-state index in [1.54, 1.807) is 18.2 Å². The highest BCUT2D eigenvalue weighted by atomic mass is 35.5. The molecule has 0 aliphatic carbocycles. The van der Waals surface area contributed by atoms with Crippen molar-refractivity contribution < 1.29 is 4.42 Å². The van der Waals surface area contributed by atoms with Gasteiger partial charge in [-0.1, -0.05) is 11.6 Å². The van der Waals surface area contributed by atoms with Crippen LogP contribution in [0.2, 0.25) is 5.02 Å². The molecule has 0 aliphatic rings. The van der Waals surface area contributed by atoms with Crippen molar-refractivity contribution in [1.29, 1.82) is 0 Å². The SMILES string of the molecule is Cc1ccc2oc(-c3ccc(Cl)cc3N)nc2n1. The molecule has 2 aromatic heterocycles. The lowest BCUT2D eigenvalue weighted by Gasteiger charge is -2.00. The first-order valence-corrected chi connectivity index (χ1v) is 5.81. The molecule has 0 atom stereocenters. The zero-order chi connectivity index (χ0) is 12.7. The van der Waals surface area contributed by atoms with Gasteiger partial charge in [0.2, 0.25) is 5.89 Å². The van der Waals surface area contributed by atoms with Crippen molar-refractivity contribution in [3.05, 3.63) is 41.0 Å².